The van der Waals surface area contributed by atoms with Gasteiger partial charge < -0.3 is 10.1 Å². The molecule has 0 atom stereocenters. The number of nitrogens with zero attached hydrogens (tertiary/aromatic N) is 1. The Kier molecular flexibility index (Phi) is 2.00. The van der Waals surface area contributed by atoms with Gasteiger partial charge in [0, 0.05) is 11.9 Å². The highest BCUT2D eigenvalue weighted by molar-refractivity contribution is 5.69. The van der Waals surface area contributed by atoms with Gasteiger partial charge in [-0.1, -0.05) is 0 Å². The molecule has 0 aromatic carbocycles. The molecule has 0 bridgehead atoms. The van der Waals surface area contributed by atoms with Crippen molar-refractivity contribution in [3.63, 3.8) is 0 Å². The molecule has 1 heterocycles. The monoisotopic (exact) mass is 154 g/mol. The van der Waals surface area contributed by atoms with E-state index in [1.165, 1.54) is 12.3 Å². The van der Waals surface area contributed by atoms with E-state index in [2.05, 4.69) is 9.97 Å². The summed E-state index contributed by atoms with van der Waals surface area (Å²) in [6.45, 7) is 0. The van der Waals surface area contributed by atoms with Crippen LogP contribution < -0.4 is 5.69 Å². The Morgan fingerprint density at radius 2 is 2.45 bits per heavy atom. The Morgan fingerprint density at radius 3 is 3.00 bits per heavy atom. The van der Waals surface area contributed by atoms with Crippen molar-refractivity contribution in [3.8, 4) is 0 Å². The fourth-order valence-corrected chi connectivity index (χ4v) is 0.672. The maximum Gasteiger partial charge on any atom is 0.345 e. The van der Waals surface area contributed by atoms with E-state index in [0.29, 0.717) is 5.69 Å². The number of aromatic nitrogens is 2. The molecule has 0 aliphatic rings. The molecule has 11 heavy (non-hydrogen) atoms. The number of rotatable bonds is 2. The van der Waals surface area contributed by atoms with Gasteiger partial charge in [0.25, 0.3) is 0 Å². The van der Waals surface area contributed by atoms with E-state index >= 15 is 0 Å². The number of aromatic amines is 1. The van der Waals surface area contributed by atoms with Crippen LogP contribution in [0.4, 0.5) is 0 Å². The number of carbonyl (C=O) groups is 1. The summed E-state index contributed by atoms with van der Waals surface area (Å²) >= 11 is 0. The highest BCUT2D eigenvalue weighted by Crippen LogP contribution is 1.88. The van der Waals surface area contributed by atoms with Gasteiger partial charge in [-0.25, -0.2) is 9.78 Å². The molecular weight excluding hydrogens is 148 g/mol. The summed E-state index contributed by atoms with van der Waals surface area (Å²) in [5, 5.41) is 8.32. The molecule has 0 spiro atoms. The predicted molar refractivity (Wildman–Crippen MR) is 36.2 cm³/mol. The molecule has 2 N–H and O–H groups in total. The van der Waals surface area contributed by atoms with Crippen molar-refractivity contribution >= 4 is 5.97 Å². The largest absolute Gasteiger partial charge is 0.481 e. The molecule has 1 rings (SSSR count). The molecule has 0 fully saturated rings. The Hall–Kier alpha value is -1.65. The molecule has 0 aliphatic heterocycles. The zero-order valence-electron chi connectivity index (χ0n) is 5.57. The summed E-state index contributed by atoms with van der Waals surface area (Å²) in [6, 6.07) is 1.45. The third-order valence-corrected chi connectivity index (χ3v) is 1.08. The van der Waals surface area contributed by atoms with E-state index in [4.69, 9.17) is 5.11 Å². The molecule has 0 saturated heterocycles. The van der Waals surface area contributed by atoms with Crippen LogP contribution in [0.1, 0.15) is 5.69 Å². The average Bonchev–Trinajstić information content (AvgIpc) is 1.85. The number of carboxylic acid groups (broad SMARTS) is 1. The van der Waals surface area contributed by atoms with Crippen LogP contribution in [0, 0.1) is 0 Å². The van der Waals surface area contributed by atoms with Crippen molar-refractivity contribution < 1.29 is 9.90 Å². The molecule has 0 saturated carbocycles. The van der Waals surface area contributed by atoms with Crippen LogP contribution in [0.3, 0.4) is 0 Å². The van der Waals surface area contributed by atoms with Crippen molar-refractivity contribution in [1.29, 1.82) is 0 Å². The molecule has 0 aliphatic carbocycles. The van der Waals surface area contributed by atoms with Crippen molar-refractivity contribution in [1.82, 2.24) is 9.97 Å². The second-order valence-corrected chi connectivity index (χ2v) is 1.97. The number of nitrogens with one attached hydrogen (secondary N) is 1. The number of hydrogen-bond donors (Lipinski definition) is 2. The Labute approximate surface area is 61.7 Å². The summed E-state index contributed by atoms with van der Waals surface area (Å²) in [6.07, 6.45) is 1.09. The molecule has 58 valence electrons. The van der Waals surface area contributed by atoms with E-state index < -0.39 is 11.7 Å². The first-order valence-electron chi connectivity index (χ1n) is 2.94. The van der Waals surface area contributed by atoms with Crippen molar-refractivity contribution in [2.75, 3.05) is 0 Å². The van der Waals surface area contributed by atoms with Gasteiger partial charge >= 0.3 is 11.7 Å². The predicted octanol–water partition coefficient (Wildman–Crippen LogP) is -0.603. The first-order chi connectivity index (χ1) is 5.18. The summed E-state index contributed by atoms with van der Waals surface area (Å²) in [4.78, 5) is 26.3. The molecule has 0 unspecified atom stereocenters. The second kappa shape index (κ2) is 2.96. The first kappa shape index (κ1) is 7.46. The minimum Gasteiger partial charge on any atom is -0.481 e. The lowest BCUT2D eigenvalue weighted by Gasteiger charge is -1.92. The maximum absolute atomic E-state index is 10.5. The van der Waals surface area contributed by atoms with Gasteiger partial charge in [0.05, 0.1) is 6.42 Å². The van der Waals surface area contributed by atoms with Gasteiger partial charge in [-0.15, -0.1) is 0 Å². The third-order valence-electron chi connectivity index (χ3n) is 1.08. The Balaban J connectivity index is 2.88. The summed E-state index contributed by atoms with van der Waals surface area (Å²) in [5.41, 5.74) is -0.166. The number of hydrogen-bond acceptors (Lipinski definition) is 3. The normalized spacial score (nSPS) is 9.45. The van der Waals surface area contributed by atoms with Crippen molar-refractivity contribution in [2.45, 2.75) is 6.42 Å². The zero-order valence-corrected chi connectivity index (χ0v) is 5.57. The van der Waals surface area contributed by atoms with E-state index in [1.807, 2.05) is 0 Å². The molecular formula is C6H6N2O3. The lowest BCUT2D eigenvalue weighted by Crippen LogP contribution is -2.13. The van der Waals surface area contributed by atoms with Crippen LogP contribution in [0.5, 0.6) is 0 Å². The highest BCUT2D eigenvalue weighted by atomic mass is 16.4. The van der Waals surface area contributed by atoms with E-state index in [1.54, 1.807) is 0 Å². The lowest BCUT2D eigenvalue weighted by molar-refractivity contribution is -0.136. The molecule has 5 nitrogen and oxygen atoms in total. The standard InChI is InChI=1S/C6H6N2O3/c9-5(10)3-4-1-2-7-6(11)8-4/h1-2H,3H2,(H,9,10)(H,7,8,11). The fraction of sp³-hybridized carbons (Fsp3) is 0.167. The summed E-state index contributed by atoms with van der Waals surface area (Å²) < 4.78 is 0. The van der Waals surface area contributed by atoms with Crippen LogP contribution >= 0.6 is 0 Å². The van der Waals surface area contributed by atoms with Gasteiger partial charge in [-0.05, 0) is 6.07 Å². The van der Waals surface area contributed by atoms with Gasteiger partial charge in [0.15, 0.2) is 0 Å². The molecule has 1 aromatic heterocycles. The van der Waals surface area contributed by atoms with Crippen LogP contribution in [-0.4, -0.2) is 21.0 Å². The molecule has 1 aromatic rings. The Morgan fingerprint density at radius 1 is 1.73 bits per heavy atom. The van der Waals surface area contributed by atoms with Crippen LogP contribution in [0.15, 0.2) is 17.1 Å². The molecule has 0 radical (unpaired) electrons. The van der Waals surface area contributed by atoms with Crippen LogP contribution in [-0.2, 0) is 11.2 Å². The fourth-order valence-electron chi connectivity index (χ4n) is 0.672. The molecule has 5 heteroatoms. The van der Waals surface area contributed by atoms with E-state index in [-0.39, 0.29) is 6.42 Å². The SMILES string of the molecule is O=C(O)Cc1ccnc(=O)[nH]1. The van der Waals surface area contributed by atoms with Gasteiger partial charge in [0.2, 0.25) is 0 Å². The number of H-pyrrole nitrogens is 1. The average molecular weight is 154 g/mol. The number of aliphatic carboxylic acids is 1. The first-order valence-corrected chi connectivity index (χ1v) is 2.94. The van der Waals surface area contributed by atoms with Crippen molar-refractivity contribution in [3.05, 3.63) is 28.4 Å². The van der Waals surface area contributed by atoms with Crippen molar-refractivity contribution in [2.24, 2.45) is 0 Å². The highest BCUT2D eigenvalue weighted by Gasteiger charge is 1.99. The summed E-state index contributed by atoms with van der Waals surface area (Å²) in [7, 11) is 0. The maximum atomic E-state index is 10.5. The smallest absolute Gasteiger partial charge is 0.345 e. The zero-order chi connectivity index (χ0) is 8.27. The minimum atomic E-state index is -0.980. The third kappa shape index (κ3) is 2.21. The van der Waals surface area contributed by atoms with Gasteiger partial charge in [-0.2, -0.15) is 0 Å². The van der Waals surface area contributed by atoms with Crippen LogP contribution in [0.25, 0.3) is 0 Å². The van der Waals surface area contributed by atoms with E-state index in [0.717, 1.165) is 0 Å². The quantitative estimate of drug-likeness (QED) is 0.595. The van der Waals surface area contributed by atoms with E-state index in [9.17, 15) is 9.59 Å². The van der Waals surface area contributed by atoms with Crippen LogP contribution in [0.2, 0.25) is 0 Å². The second-order valence-electron chi connectivity index (χ2n) is 1.97. The summed E-state index contributed by atoms with van der Waals surface area (Å²) in [5.74, 6) is -0.980. The lowest BCUT2D eigenvalue weighted by atomic mass is 10.3. The number of carboxylic acids is 1. The molecule has 0 amide bonds. The Bertz CT molecular complexity index is 318. The van der Waals surface area contributed by atoms with Gasteiger partial charge in [0.1, 0.15) is 0 Å². The minimum absolute atomic E-state index is 0.183. The topological polar surface area (TPSA) is 83.0 Å². The van der Waals surface area contributed by atoms with Gasteiger partial charge in [-0.3, -0.25) is 4.79 Å².